The van der Waals surface area contributed by atoms with Crippen molar-refractivity contribution in [1.82, 2.24) is 20.1 Å². The zero-order chi connectivity index (χ0) is 16.8. The summed E-state index contributed by atoms with van der Waals surface area (Å²) in [6, 6.07) is 0. The maximum absolute atomic E-state index is 12.4. The summed E-state index contributed by atoms with van der Waals surface area (Å²) in [5.41, 5.74) is 1.19. The molecule has 0 aromatic carbocycles. The van der Waals surface area contributed by atoms with E-state index in [4.69, 9.17) is 0 Å². The van der Waals surface area contributed by atoms with E-state index in [1.807, 2.05) is 11.8 Å². The SMILES string of the molecule is CCN(C(=O)CSc1n[nH]c(CCC2CCCC2)n1)C1=CCCC1. The zero-order valence-corrected chi connectivity index (χ0v) is 15.4. The van der Waals surface area contributed by atoms with Crippen LogP contribution in [0.3, 0.4) is 0 Å². The monoisotopic (exact) mass is 348 g/mol. The standard InChI is InChI=1S/C18H28N4OS/c1-2-22(15-9-5-6-10-15)17(23)13-24-18-19-16(20-21-18)12-11-14-7-3-4-8-14/h9,14H,2-8,10-13H2,1H3,(H,19,20,21). The summed E-state index contributed by atoms with van der Waals surface area (Å²) in [6.07, 6.45) is 13.2. The molecule has 2 aliphatic rings. The van der Waals surface area contributed by atoms with Crippen LogP contribution in [0.1, 0.15) is 64.1 Å². The number of hydrogen-bond donors (Lipinski definition) is 1. The van der Waals surface area contributed by atoms with Crippen LogP contribution in [0.25, 0.3) is 0 Å². The van der Waals surface area contributed by atoms with Crippen LogP contribution in [0.15, 0.2) is 16.9 Å². The van der Waals surface area contributed by atoms with Gasteiger partial charge >= 0.3 is 0 Å². The molecule has 1 N–H and O–H groups in total. The fraction of sp³-hybridized carbons (Fsp3) is 0.722. The molecule has 0 saturated heterocycles. The molecular formula is C18H28N4OS. The summed E-state index contributed by atoms with van der Waals surface area (Å²) < 4.78 is 0. The van der Waals surface area contributed by atoms with Crippen LogP contribution in [0, 0.1) is 5.92 Å². The summed E-state index contributed by atoms with van der Waals surface area (Å²) in [5, 5.41) is 7.99. The topological polar surface area (TPSA) is 61.9 Å². The van der Waals surface area contributed by atoms with Gasteiger partial charge in [-0.1, -0.05) is 43.5 Å². The quantitative estimate of drug-likeness (QED) is 0.723. The van der Waals surface area contributed by atoms with Crippen molar-refractivity contribution in [3.05, 3.63) is 17.6 Å². The average molecular weight is 349 g/mol. The highest BCUT2D eigenvalue weighted by Gasteiger charge is 2.20. The Bertz CT molecular complexity index is 577. The van der Waals surface area contributed by atoms with Crippen LogP contribution in [0.5, 0.6) is 0 Å². The number of H-pyrrole nitrogens is 1. The molecule has 0 atom stereocenters. The maximum Gasteiger partial charge on any atom is 0.237 e. The highest BCUT2D eigenvalue weighted by molar-refractivity contribution is 7.99. The van der Waals surface area contributed by atoms with E-state index in [1.54, 1.807) is 0 Å². The molecule has 0 bridgehead atoms. The lowest BCUT2D eigenvalue weighted by Crippen LogP contribution is -2.31. The first-order valence-corrected chi connectivity index (χ1v) is 10.3. The Labute approximate surface area is 148 Å². The van der Waals surface area contributed by atoms with E-state index < -0.39 is 0 Å². The van der Waals surface area contributed by atoms with Crippen molar-refractivity contribution >= 4 is 17.7 Å². The van der Waals surface area contributed by atoms with Crippen molar-refractivity contribution in [2.45, 2.75) is 69.9 Å². The second-order valence-electron chi connectivity index (χ2n) is 6.77. The molecule has 0 aliphatic heterocycles. The van der Waals surface area contributed by atoms with Crippen molar-refractivity contribution in [3.63, 3.8) is 0 Å². The second kappa shape index (κ2) is 8.70. The number of thioether (sulfide) groups is 1. The maximum atomic E-state index is 12.4. The number of aromatic amines is 1. The third kappa shape index (κ3) is 4.62. The van der Waals surface area contributed by atoms with Gasteiger partial charge in [0.05, 0.1) is 5.75 Å². The first-order chi connectivity index (χ1) is 11.8. The van der Waals surface area contributed by atoms with Gasteiger partial charge < -0.3 is 4.90 Å². The minimum Gasteiger partial charge on any atom is -0.316 e. The first-order valence-electron chi connectivity index (χ1n) is 9.29. The minimum absolute atomic E-state index is 0.160. The number of rotatable bonds is 8. The van der Waals surface area contributed by atoms with Crippen LogP contribution >= 0.6 is 11.8 Å². The molecule has 1 aromatic heterocycles. The molecule has 5 nitrogen and oxygen atoms in total. The molecule has 6 heteroatoms. The van der Waals surface area contributed by atoms with Crippen molar-refractivity contribution in [3.8, 4) is 0 Å². The van der Waals surface area contributed by atoms with Gasteiger partial charge in [0, 0.05) is 18.7 Å². The molecule has 1 heterocycles. The Morgan fingerprint density at radius 1 is 1.38 bits per heavy atom. The molecule has 24 heavy (non-hydrogen) atoms. The molecule has 132 valence electrons. The third-order valence-corrected chi connectivity index (χ3v) is 5.91. The predicted molar refractivity (Wildman–Crippen MR) is 96.7 cm³/mol. The van der Waals surface area contributed by atoms with Gasteiger partial charge in [0.2, 0.25) is 11.1 Å². The Morgan fingerprint density at radius 2 is 2.21 bits per heavy atom. The smallest absolute Gasteiger partial charge is 0.237 e. The lowest BCUT2D eigenvalue weighted by atomic mass is 10.0. The van der Waals surface area contributed by atoms with Crippen molar-refractivity contribution in [2.24, 2.45) is 5.92 Å². The number of nitrogens with one attached hydrogen (secondary N) is 1. The van der Waals surface area contributed by atoms with Crippen molar-refractivity contribution < 1.29 is 4.79 Å². The van der Waals surface area contributed by atoms with Gasteiger partial charge in [-0.15, -0.1) is 5.10 Å². The molecule has 1 saturated carbocycles. The van der Waals surface area contributed by atoms with Gasteiger partial charge in [-0.2, -0.15) is 0 Å². The zero-order valence-electron chi connectivity index (χ0n) is 14.6. The van der Waals surface area contributed by atoms with Gasteiger partial charge in [0.1, 0.15) is 5.82 Å². The number of aromatic nitrogens is 3. The molecule has 2 aliphatic carbocycles. The Kier molecular flexibility index (Phi) is 6.35. The number of carbonyl (C=O) groups is 1. The molecular weight excluding hydrogens is 320 g/mol. The Morgan fingerprint density at radius 3 is 2.92 bits per heavy atom. The van der Waals surface area contributed by atoms with Gasteiger partial charge in [-0.05, 0) is 38.5 Å². The van der Waals surface area contributed by atoms with Gasteiger partial charge in [-0.3, -0.25) is 9.89 Å². The van der Waals surface area contributed by atoms with E-state index in [-0.39, 0.29) is 5.91 Å². The average Bonchev–Trinajstić information content (AvgIpc) is 3.33. The van der Waals surface area contributed by atoms with Crippen molar-refractivity contribution in [2.75, 3.05) is 12.3 Å². The van der Waals surface area contributed by atoms with Gasteiger partial charge in [0.15, 0.2) is 0 Å². The van der Waals surface area contributed by atoms with Crippen LogP contribution in [-0.4, -0.2) is 38.3 Å². The van der Waals surface area contributed by atoms with Gasteiger partial charge in [0.25, 0.3) is 0 Å². The van der Waals surface area contributed by atoms with E-state index in [0.29, 0.717) is 10.9 Å². The van der Waals surface area contributed by atoms with Gasteiger partial charge in [-0.25, -0.2) is 4.98 Å². The normalized spacial score (nSPS) is 18.1. The van der Waals surface area contributed by atoms with Crippen LogP contribution < -0.4 is 0 Å². The number of carbonyl (C=O) groups excluding carboxylic acids is 1. The van der Waals surface area contributed by atoms with E-state index in [0.717, 1.165) is 44.0 Å². The Hall–Kier alpha value is -1.30. The van der Waals surface area contributed by atoms with E-state index in [9.17, 15) is 4.79 Å². The highest BCUT2D eigenvalue weighted by atomic mass is 32.2. The number of amides is 1. The molecule has 1 amide bonds. The van der Waals surface area contributed by atoms with Crippen LogP contribution in [0.4, 0.5) is 0 Å². The largest absolute Gasteiger partial charge is 0.316 e. The van der Waals surface area contributed by atoms with Crippen LogP contribution in [-0.2, 0) is 11.2 Å². The molecule has 0 unspecified atom stereocenters. The summed E-state index contributed by atoms with van der Waals surface area (Å²) in [4.78, 5) is 18.9. The molecule has 0 radical (unpaired) electrons. The first kappa shape index (κ1) is 17.5. The second-order valence-corrected chi connectivity index (χ2v) is 7.71. The summed E-state index contributed by atoms with van der Waals surface area (Å²) in [7, 11) is 0. The fourth-order valence-corrected chi connectivity index (χ4v) is 4.43. The lowest BCUT2D eigenvalue weighted by molar-refractivity contribution is -0.126. The molecule has 1 fully saturated rings. The van der Waals surface area contributed by atoms with Crippen LogP contribution in [0.2, 0.25) is 0 Å². The molecule has 1 aromatic rings. The Balaban J connectivity index is 1.44. The minimum atomic E-state index is 0.160. The van der Waals surface area contributed by atoms with E-state index in [1.165, 1.54) is 49.6 Å². The number of nitrogens with zero attached hydrogens (tertiary/aromatic N) is 3. The molecule has 3 rings (SSSR count). The number of allylic oxidation sites excluding steroid dienone is 2. The molecule has 0 spiro atoms. The van der Waals surface area contributed by atoms with E-state index in [2.05, 4.69) is 21.3 Å². The van der Waals surface area contributed by atoms with E-state index >= 15 is 0 Å². The van der Waals surface area contributed by atoms with Crippen molar-refractivity contribution in [1.29, 1.82) is 0 Å². The number of hydrogen-bond acceptors (Lipinski definition) is 4. The fourth-order valence-electron chi connectivity index (χ4n) is 3.74. The highest BCUT2D eigenvalue weighted by Crippen LogP contribution is 2.28. The summed E-state index contributed by atoms with van der Waals surface area (Å²) in [5.74, 6) is 2.40. The lowest BCUT2D eigenvalue weighted by Gasteiger charge is -2.21. The summed E-state index contributed by atoms with van der Waals surface area (Å²) >= 11 is 1.44. The third-order valence-electron chi connectivity index (χ3n) is 5.08. The summed E-state index contributed by atoms with van der Waals surface area (Å²) in [6.45, 7) is 2.78. The predicted octanol–water partition coefficient (Wildman–Crippen LogP) is 3.94. The number of aryl methyl sites for hydroxylation is 1.